The van der Waals surface area contributed by atoms with E-state index in [9.17, 15) is 0 Å². The van der Waals surface area contributed by atoms with Gasteiger partial charge in [0.25, 0.3) is 0 Å². The Balaban J connectivity index is 1.41. The van der Waals surface area contributed by atoms with Crippen LogP contribution in [-0.4, -0.2) is 65.7 Å². The molecule has 0 radical (unpaired) electrons. The zero-order valence-corrected chi connectivity index (χ0v) is 17.1. The van der Waals surface area contributed by atoms with Gasteiger partial charge in [-0.2, -0.15) is 0 Å². The number of rotatable bonds is 5. The Hall–Kier alpha value is -2.84. The van der Waals surface area contributed by atoms with E-state index in [1.807, 2.05) is 12.3 Å². The van der Waals surface area contributed by atoms with Gasteiger partial charge in [0.05, 0.1) is 11.2 Å². The normalized spacial score (nSPS) is 19.7. The molecule has 3 N–H and O–H groups in total. The summed E-state index contributed by atoms with van der Waals surface area (Å²) < 4.78 is 0. The molecule has 8 nitrogen and oxygen atoms in total. The molecule has 3 aromatic heterocycles. The molecule has 5 rings (SSSR count). The average Bonchev–Trinajstić information content (AvgIpc) is 2.84. The van der Waals surface area contributed by atoms with Gasteiger partial charge < -0.3 is 20.9 Å². The molecule has 0 spiro atoms. The second-order valence-corrected chi connectivity index (χ2v) is 8.02. The zero-order valence-electron chi connectivity index (χ0n) is 17.1. The second kappa shape index (κ2) is 8.89. The third kappa shape index (κ3) is 4.20. The molecule has 0 aromatic carbocycles. The van der Waals surface area contributed by atoms with Gasteiger partial charge in [0.2, 0.25) is 0 Å². The highest BCUT2D eigenvalue weighted by Gasteiger charge is 2.16. The number of nitrogens with one attached hydrogen (secondary N) is 3. The number of nitrogens with zero attached hydrogens (tertiary/aromatic N) is 5. The van der Waals surface area contributed by atoms with Gasteiger partial charge in [-0.15, -0.1) is 0 Å². The fraction of sp³-hybridized carbons (Fsp3) is 0.455. The lowest BCUT2D eigenvalue weighted by Crippen LogP contribution is -2.43. The van der Waals surface area contributed by atoms with Gasteiger partial charge in [-0.3, -0.25) is 4.98 Å². The van der Waals surface area contributed by atoms with Crippen LogP contribution in [0.4, 0.5) is 11.6 Å². The molecular weight excluding hydrogens is 376 g/mol. The van der Waals surface area contributed by atoms with E-state index >= 15 is 0 Å². The minimum atomic E-state index is 0.607. The van der Waals surface area contributed by atoms with E-state index in [-0.39, 0.29) is 0 Å². The van der Waals surface area contributed by atoms with E-state index in [1.54, 1.807) is 12.4 Å². The number of pyridine rings is 2. The predicted octanol–water partition coefficient (Wildman–Crippen LogP) is 1.91. The molecule has 2 aliphatic rings. The molecule has 156 valence electrons. The van der Waals surface area contributed by atoms with E-state index in [1.165, 1.54) is 12.8 Å². The number of hydrogen-bond donors (Lipinski definition) is 3. The van der Waals surface area contributed by atoms with E-state index in [0.717, 1.165) is 79.7 Å². The molecule has 3 aromatic rings. The largest absolute Gasteiger partial charge is 0.368 e. The second-order valence-electron chi connectivity index (χ2n) is 8.02. The van der Waals surface area contributed by atoms with Crippen LogP contribution in [-0.2, 0) is 0 Å². The van der Waals surface area contributed by atoms with Crippen molar-refractivity contribution < 1.29 is 0 Å². The minimum Gasteiger partial charge on any atom is -0.368 e. The van der Waals surface area contributed by atoms with Crippen LogP contribution in [0.5, 0.6) is 0 Å². The molecule has 2 fully saturated rings. The van der Waals surface area contributed by atoms with Crippen LogP contribution in [0.25, 0.3) is 22.3 Å². The third-order valence-electron chi connectivity index (χ3n) is 5.90. The summed E-state index contributed by atoms with van der Waals surface area (Å²) in [7, 11) is 0. The van der Waals surface area contributed by atoms with Crippen LogP contribution in [0.1, 0.15) is 12.8 Å². The van der Waals surface area contributed by atoms with E-state index < -0.39 is 0 Å². The summed E-state index contributed by atoms with van der Waals surface area (Å²) in [5.41, 5.74) is 3.52. The Bertz CT molecular complexity index is 978. The molecular formula is C22H28N8. The van der Waals surface area contributed by atoms with Gasteiger partial charge in [0.1, 0.15) is 11.3 Å². The minimum absolute atomic E-state index is 0.607. The molecule has 2 saturated heterocycles. The van der Waals surface area contributed by atoms with Crippen molar-refractivity contribution in [1.29, 1.82) is 0 Å². The molecule has 0 aliphatic carbocycles. The first-order chi connectivity index (χ1) is 14.9. The van der Waals surface area contributed by atoms with Gasteiger partial charge in [0.15, 0.2) is 5.82 Å². The van der Waals surface area contributed by atoms with Crippen LogP contribution in [0, 0.1) is 5.92 Å². The van der Waals surface area contributed by atoms with Gasteiger partial charge in [0, 0.05) is 56.9 Å². The van der Waals surface area contributed by atoms with Crippen molar-refractivity contribution >= 4 is 22.7 Å². The van der Waals surface area contributed by atoms with Gasteiger partial charge in [-0.25, -0.2) is 15.0 Å². The smallest absolute Gasteiger partial charge is 0.154 e. The maximum absolute atomic E-state index is 4.90. The van der Waals surface area contributed by atoms with E-state index in [4.69, 9.17) is 9.97 Å². The lowest BCUT2D eigenvalue weighted by molar-refractivity contribution is 0.392. The SMILES string of the molecule is c1cnc2c(NCC3CCCNC3)nc(-c3ccc(N4CCNCC4)nc3)cc2n1. The first kappa shape index (κ1) is 19.1. The summed E-state index contributed by atoms with van der Waals surface area (Å²) in [5, 5.41) is 10.4. The van der Waals surface area contributed by atoms with Crippen molar-refractivity contribution in [3.63, 3.8) is 0 Å². The van der Waals surface area contributed by atoms with Crippen molar-refractivity contribution in [1.82, 2.24) is 30.6 Å². The fourth-order valence-electron chi connectivity index (χ4n) is 4.20. The summed E-state index contributed by atoms with van der Waals surface area (Å²) in [6.45, 7) is 7.03. The van der Waals surface area contributed by atoms with Gasteiger partial charge >= 0.3 is 0 Å². The summed E-state index contributed by atoms with van der Waals surface area (Å²) in [5.74, 6) is 2.42. The van der Waals surface area contributed by atoms with Crippen molar-refractivity contribution in [2.75, 3.05) is 56.0 Å². The Morgan fingerprint density at radius 1 is 1.03 bits per heavy atom. The Kier molecular flexibility index (Phi) is 5.67. The lowest BCUT2D eigenvalue weighted by atomic mass is 10.00. The monoisotopic (exact) mass is 404 g/mol. The van der Waals surface area contributed by atoms with Gasteiger partial charge in [-0.05, 0) is 50.0 Å². The molecule has 0 saturated carbocycles. The van der Waals surface area contributed by atoms with Crippen molar-refractivity contribution in [2.24, 2.45) is 5.92 Å². The maximum atomic E-state index is 4.90. The molecule has 0 bridgehead atoms. The highest BCUT2D eigenvalue weighted by Crippen LogP contribution is 2.26. The highest BCUT2D eigenvalue weighted by atomic mass is 15.2. The van der Waals surface area contributed by atoms with Crippen LogP contribution in [0.15, 0.2) is 36.8 Å². The van der Waals surface area contributed by atoms with Crippen LogP contribution < -0.4 is 20.9 Å². The summed E-state index contributed by atoms with van der Waals surface area (Å²) >= 11 is 0. The fourth-order valence-corrected chi connectivity index (χ4v) is 4.20. The Labute approximate surface area is 176 Å². The number of hydrogen-bond acceptors (Lipinski definition) is 8. The standard InChI is InChI=1S/C22H28N8/c1-2-16(13-24-5-1)14-28-22-21-19(25-6-7-26-21)12-18(29-22)17-3-4-20(27-15-17)30-10-8-23-9-11-30/h3-4,6-7,12,15-16,23-24H,1-2,5,8-11,13-14H2,(H,28,29). The quantitative estimate of drug-likeness (QED) is 0.594. The molecule has 2 aliphatic heterocycles. The topological polar surface area (TPSA) is 90.9 Å². The number of aromatic nitrogens is 4. The summed E-state index contributed by atoms with van der Waals surface area (Å²) in [6, 6.07) is 6.19. The molecule has 5 heterocycles. The van der Waals surface area contributed by atoms with E-state index in [2.05, 4.69) is 43.0 Å². The third-order valence-corrected chi connectivity index (χ3v) is 5.90. The summed E-state index contributed by atoms with van der Waals surface area (Å²) in [4.78, 5) is 21.0. The molecule has 8 heteroatoms. The zero-order chi connectivity index (χ0) is 20.2. The molecule has 0 amide bonds. The lowest BCUT2D eigenvalue weighted by Gasteiger charge is -2.28. The molecule has 1 atom stereocenters. The number of piperazine rings is 1. The van der Waals surface area contributed by atoms with Crippen LogP contribution >= 0.6 is 0 Å². The summed E-state index contributed by atoms with van der Waals surface area (Å²) in [6.07, 6.45) is 7.83. The average molecular weight is 405 g/mol. The molecule has 1 unspecified atom stereocenters. The highest BCUT2D eigenvalue weighted by molar-refractivity contribution is 5.88. The first-order valence-corrected chi connectivity index (χ1v) is 10.9. The van der Waals surface area contributed by atoms with Crippen LogP contribution in [0.2, 0.25) is 0 Å². The maximum Gasteiger partial charge on any atom is 0.154 e. The van der Waals surface area contributed by atoms with Crippen LogP contribution in [0.3, 0.4) is 0 Å². The first-order valence-electron chi connectivity index (χ1n) is 10.9. The van der Waals surface area contributed by atoms with Crippen molar-refractivity contribution in [3.8, 4) is 11.3 Å². The van der Waals surface area contributed by atoms with Crippen molar-refractivity contribution in [2.45, 2.75) is 12.8 Å². The Morgan fingerprint density at radius 2 is 1.93 bits per heavy atom. The predicted molar refractivity (Wildman–Crippen MR) is 120 cm³/mol. The number of piperidine rings is 1. The Morgan fingerprint density at radius 3 is 2.73 bits per heavy atom. The number of fused-ring (bicyclic) bond motifs is 1. The van der Waals surface area contributed by atoms with E-state index in [0.29, 0.717) is 5.92 Å². The van der Waals surface area contributed by atoms with Gasteiger partial charge in [-0.1, -0.05) is 0 Å². The molecule has 30 heavy (non-hydrogen) atoms. The number of anilines is 2. The van der Waals surface area contributed by atoms with Crippen molar-refractivity contribution in [3.05, 3.63) is 36.8 Å².